The van der Waals surface area contributed by atoms with Crippen LogP contribution in [0.3, 0.4) is 0 Å². The monoisotopic (exact) mass is 464 g/mol. The van der Waals surface area contributed by atoms with Crippen molar-refractivity contribution in [2.24, 2.45) is 0 Å². The quantitative estimate of drug-likeness (QED) is 0.599. The van der Waals surface area contributed by atoms with Crippen LogP contribution in [-0.2, 0) is 6.54 Å². The fraction of sp³-hybridized carbons (Fsp3) is 0.421. The topological polar surface area (TPSA) is 110 Å². The van der Waals surface area contributed by atoms with Gasteiger partial charge in [0, 0.05) is 38.3 Å². The zero-order valence-corrected chi connectivity index (χ0v) is 18.3. The number of nitrogens with one attached hydrogen (secondary N) is 1. The molecule has 1 fully saturated rings. The first-order chi connectivity index (χ1) is 14.0. The molecule has 0 amide bonds. The Hall–Kier alpha value is -2.59. The van der Waals surface area contributed by atoms with E-state index < -0.39 is 0 Å². The Bertz CT molecular complexity index is 886. The molecule has 1 aliphatic heterocycles. The molecule has 10 heteroatoms. The average molecular weight is 465 g/mol. The van der Waals surface area contributed by atoms with Crippen LogP contribution in [0.1, 0.15) is 11.1 Å². The van der Waals surface area contributed by atoms with Crippen LogP contribution in [0.25, 0.3) is 0 Å². The number of aromatic nitrogens is 2. The Balaban J connectivity index is 1.73. The van der Waals surface area contributed by atoms with Gasteiger partial charge in [-0.3, -0.25) is 10.3 Å². The molecule has 0 aliphatic carbocycles. The molecule has 2 heterocycles. The molecule has 3 rings (SSSR count). The van der Waals surface area contributed by atoms with Crippen molar-refractivity contribution in [2.45, 2.75) is 6.54 Å². The summed E-state index contributed by atoms with van der Waals surface area (Å²) >= 11 is 3.20. The van der Waals surface area contributed by atoms with Gasteiger partial charge in [-0.2, -0.15) is 0 Å². The normalized spacial score (nSPS) is 14.6. The summed E-state index contributed by atoms with van der Waals surface area (Å²) in [4.78, 5) is 12.8. The van der Waals surface area contributed by atoms with Crippen LogP contribution in [0.5, 0.6) is 17.2 Å². The number of halogens is 1. The van der Waals surface area contributed by atoms with Crippen LogP contribution < -0.4 is 24.8 Å². The third-order valence-corrected chi connectivity index (χ3v) is 5.32. The molecule has 29 heavy (non-hydrogen) atoms. The van der Waals surface area contributed by atoms with Gasteiger partial charge < -0.3 is 24.8 Å². The van der Waals surface area contributed by atoms with E-state index in [1.807, 2.05) is 12.1 Å². The lowest BCUT2D eigenvalue weighted by Gasteiger charge is -2.36. The minimum absolute atomic E-state index is 0.183. The molecule has 156 valence electrons. The van der Waals surface area contributed by atoms with Crippen molar-refractivity contribution in [1.82, 2.24) is 14.9 Å². The minimum Gasteiger partial charge on any atom is -0.493 e. The van der Waals surface area contributed by atoms with E-state index in [1.54, 1.807) is 21.3 Å². The molecule has 0 atom stereocenters. The van der Waals surface area contributed by atoms with Gasteiger partial charge in [0.05, 0.1) is 26.9 Å². The van der Waals surface area contributed by atoms with Crippen LogP contribution >= 0.6 is 15.9 Å². The van der Waals surface area contributed by atoms with Gasteiger partial charge in [0.2, 0.25) is 5.75 Å². The fourth-order valence-electron chi connectivity index (χ4n) is 3.49. The lowest BCUT2D eigenvalue weighted by molar-refractivity contribution is 0.243. The van der Waals surface area contributed by atoms with Crippen molar-refractivity contribution < 1.29 is 14.2 Å². The predicted molar refractivity (Wildman–Crippen MR) is 116 cm³/mol. The second-order valence-electron chi connectivity index (χ2n) is 6.53. The number of rotatable bonds is 7. The number of methoxy groups -OCH3 is 3. The highest BCUT2D eigenvalue weighted by Crippen LogP contribution is 2.40. The molecule has 0 spiro atoms. The highest BCUT2D eigenvalue weighted by Gasteiger charge is 2.24. The standard InChI is InChI=1S/C19H25BrN6O3/c1-27-13-5-4-12(15(28-2)16(13)29-3)10-25-6-8-26(9-7-25)19-14(17(20)21)18(22)23-11-24-19/h4-5,11,21H,6-10H2,1-3H3,(H2,22,23,24). The molecule has 1 aromatic carbocycles. The van der Waals surface area contributed by atoms with E-state index in [0.717, 1.165) is 38.3 Å². The van der Waals surface area contributed by atoms with Crippen LogP contribution in [-0.4, -0.2) is 67.0 Å². The first kappa shape index (κ1) is 21.1. The molecule has 0 saturated carbocycles. The maximum atomic E-state index is 7.92. The maximum Gasteiger partial charge on any atom is 0.203 e. The van der Waals surface area contributed by atoms with Gasteiger partial charge in [-0.05, 0) is 22.0 Å². The molecule has 1 saturated heterocycles. The number of anilines is 2. The zero-order valence-electron chi connectivity index (χ0n) is 16.7. The summed E-state index contributed by atoms with van der Waals surface area (Å²) in [7, 11) is 4.85. The van der Waals surface area contributed by atoms with Gasteiger partial charge in [0.25, 0.3) is 0 Å². The smallest absolute Gasteiger partial charge is 0.203 e. The van der Waals surface area contributed by atoms with Gasteiger partial charge in [0.1, 0.15) is 22.6 Å². The van der Waals surface area contributed by atoms with Gasteiger partial charge in [-0.15, -0.1) is 0 Å². The Morgan fingerprint density at radius 2 is 1.76 bits per heavy atom. The van der Waals surface area contributed by atoms with Crippen molar-refractivity contribution in [3.05, 3.63) is 29.6 Å². The SMILES string of the molecule is COc1ccc(CN2CCN(c3ncnc(N)c3C(=N)Br)CC2)c(OC)c1OC. The highest BCUT2D eigenvalue weighted by molar-refractivity contribution is 9.18. The molecule has 2 aromatic rings. The second kappa shape index (κ2) is 9.27. The number of piperazine rings is 1. The summed E-state index contributed by atoms with van der Waals surface area (Å²) in [5.41, 5.74) is 7.51. The van der Waals surface area contributed by atoms with Crippen molar-refractivity contribution in [3.63, 3.8) is 0 Å². The number of benzene rings is 1. The summed E-state index contributed by atoms with van der Waals surface area (Å²) in [6.07, 6.45) is 1.44. The van der Waals surface area contributed by atoms with E-state index >= 15 is 0 Å². The maximum absolute atomic E-state index is 7.92. The van der Waals surface area contributed by atoms with E-state index in [2.05, 4.69) is 35.7 Å². The van der Waals surface area contributed by atoms with Crippen LogP contribution in [0, 0.1) is 5.41 Å². The third-order valence-electron chi connectivity index (χ3n) is 4.93. The number of hydrogen-bond acceptors (Lipinski definition) is 9. The van der Waals surface area contributed by atoms with Crippen molar-refractivity contribution >= 4 is 32.2 Å². The summed E-state index contributed by atoms with van der Waals surface area (Å²) in [5, 5.41) is 7.92. The Kier molecular flexibility index (Phi) is 6.75. The summed E-state index contributed by atoms with van der Waals surface area (Å²) in [6.45, 7) is 3.91. The van der Waals surface area contributed by atoms with Crippen LogP contribution in [0.15, 0.2) is 18.5 Å². The molecule has 1 aliphatic rings. The predicted octanol–water partition coefficient (Wildman–Crippen LogP) is 2.13. The summed E-state index contributed by atoms with van der Waals surface area (Å²) < 4.78 is 16.6. The first-order valence-electron chi connectivity index (χ1n) is 9.10. The van der Waals surface area contributed by atoms with E-state index in [4.69, 9.17) is 25.4 Å². The third kappa shape index (κ3) is 4.38. The number of ether oxygens (including phenoxy) is 3. The van der Waals surface area contributed by atoms with Crippen LogP contribution in [0.2, 0.25) is 0 Å². The van der Waals surface area contributed by atoms with E-state index in [1.165, 1.54) is 6.33 Å². The lowest BCUT2D eigenvalue weighted by Crippen LogP contribution is -2.46. The number of nitrogens with zero attached hydrogens (tertiary/aromatic N) is 4. The van der Waals surface area contributed by atoms with E-state index in [9.17, 15) is 0 Å². The minimum atomic E-state index is 0.183. The Morgan fingerprint density at radius 3 is 2.34 bits per heavy atom. The number of nitrogen functional groups attached to an aromatic ring is 1. The van der Waals surface area contributed by atoms with Crippen molar-refractivity contribution in [1.29, 1.82) is 5.41 Å². The van der Waals surface area contributed by atoms with E-state index in [-0.39, 0.29) is 4.62 Å². The molecular formula is C19H25BrN6O3. The second-order valence-corrected chi connectivity index (χ2v) is 7.32. The Morgan fingerprint density at radius 1 is 1.07 bits per heavy atom. The number of hydrogen-bond donors (Lipinski definition) is 2. The molecule has 1 aromatic heterocycles. The summed E-state index contributed by atoms with van der Waals surface area (Å²) in [6, 6.07) is 3.90. The van der Waals surface area contributed by atoms with Crippen molar-refractivity contribution in [2.75, 3.05) is 58.1 Å². The van der Waals surface area contributed by atoms with Crippen LogP contribution in [0.4, 0.5) is 11.6 Å². The van der Waals surface area contributed by atoms with Gasteiger partial charge in [-0.25, -0.2) is 9.97 Å². The fourth-order valence-corrected chi connectivity index (χ4v) is 3.87. The van der Waals surface area contributed by atoms with E-state index in [0.29, 0.717) is 34.4 Å². The molecule has 9 nitrogen and oxygen atoms in total. The zero-order chi connectivity index (χ0) is 21.0. The van der Waals surface area contributed by atoms with Gasteiger partial charge >= 0.3 is 0 Å². The summed E-state index contributed by atoms with van der Waals surface area (Å²) in [5.74, 6) is 2.91. The molecular weight excluding hydrogens is 440 g/mol. The van der Waals surface area contributed by atoms with Gasteiger partial charge in [-0.1, -0.05) is 6.07 Å². The first-order valence-corrected chi connectivity index (χ1v) is 9.89. The largest absolute Gasteiger partial charge is 0.493 e. The Labute approximate surface area is 178 Å². The molecule has 3 N–H and O–H groups in total. The van der Waals surface area contributed by atoms with Gasteiger partial charge in [0.15, 0.2) is 11.5 Å². The molecule has 0 bridgehead atoms. The van der Waals surface area contributed by atoms with Crippen molar-refractivity contribution in [3.8, 4) is 17.2 Å². The molecule has 0 radical (unpaired) electrons. The molecule has 0 unspecified atom stereocenters. The highest BCUT2D eigenvalue weighted by atomic mass is 79.9. The number of nitrogens with two attached hydrogens (primary N) is 1. The average Bonchev–Trinajstić information content (AvgIpc) is 2.73. The lowest BCUT2D eigenvalue weighted by atomic mass is 10.1.